The second-order valence-electron chi connectivity index (χ2n) is 4.19. The van der Waals surface area contributed by atoms with Crippen LogP contribution in [0.15, 0.2) is 60.7 Å². The molecule has 0 N–H and O–H groups in total. The van der Waals surface area contributed by atoms with Gasteiger partial charge in [0.25, 0.3) is 0 Å². The molecule has 0 spiro atoms. The third kappa shape index (κ3) is 4.49. The maximum atomic E-state index is 12.5. The summed E-state index contributed by atoms with van der Waals surface area (Å²) < 4.78 is 42.6. The monoisotopic (exact) mass is 292 g/mol. The predicted molar refractivity (Wildman–Crippen MR) is 72.6 cm³/mol. The van der Waals surface area contributed by atoms with Gasteiger partial charge in [0.05, 0.1) is 5.56 Å². The Balaban J connectivity index is 2.06. The van der Waals surface area contributed by atoms with Crippen LogP contribution in [0, 0.1) is 0 Å². The van der Waals surface area contributed by atoms with E-state index in [1.54, 1.807) is 30.3 Å². The van der Waals surface area contributed by atoms with Gasteiger partial charge in [-0.05, 0) is 35.9 Å². The van der Waals surface area contributed by atoms with Crippen molar-refractivity contribution in [2.45, 2.75) is 6.18 Å². The van der Waals surface area contributed by atoms with Crippen molar-refractivity contribution in [1.82, 2.24) is 0 Å². The molecule has 0 saturated carbocycles. The number of alkyl halides is 3. The van der Waals surface area contributed by atoms with Gasteiger partial charge in [0.15, 0.2) is 0 Å². The van der Waals surface area contributed by atoms with Crippen LogP contribution in [0.2, 0.25) is 0 Å². The van der Waals surface area contributed by atoms with E-state index >= 15 is 0 Å². The van der Waals surface area contributed by atoms with E-state index in [1.807, 2.05) is 0 Å². The number of hydrogen-bond acceptors (Lipinski definition) is 2. The van der Waals surface area contributed by atoms with E-state index in [-0.39, 0.29) is 5.56 Å². The fourth-order valence-corrected chi connectivity index (χ4v) is 1.62. The maximum Gasteiger partial charge on any atom is 0.416 e. The first-order valence-corrected chi connectivity index (χ1v) is 6.07. The van der Waals surface area contributed by atoms with Crippen LogP contribution in [0.1, 0.15) is 11.1 Å². The van der Waals surface area contributed by atoms with E-state index in [0.29, 0.717) is 5.75 Å². The minimum atomic E-state index is -4.41. The topological polar surface area (TPSA) is 26.3 Å². The molecule has 0 aromatic heterocycles. The zero-order valence-corrected chi connectivity index (χ0v) is 10.8. The third-order valence-electron chi connectivity index (χ3n) is 2.59. The number of halogens is 3. The average Bonchev–Trinajstić information content (AvgIpc) is 2.46. The lowest BCUT2D eigenvalue weighted by Crippen LogP contribution is -2.05. The fourth-order valence-electron chi connectivity index (χ4n) is 1.62. The molecule has 0 aliphatic rings. The number of esters is 1. The molecule has 2 aromatic rings. The predicted octanol–water partition coefficient (Wildman–Crippen LogP) is 4.32. The summed E-state index contributed by atoms with van der Waals surface area (Å²) in [5.74, 6) is -0.283. The van der Waals surface area contributed by atoms with Gasteiger partial charge in [-0.3, -0.25) is 0 Å². The molecule has 0 amide bonds. The minimum absolute atomic E-state index is 0.273. The quantitative estimate of drug-likeness (QED) is 0.478. The van der Waals surface area contributed by atoms with Crippen molar-refractivity contribution in [3.05, 3.63) is 71.8 Å². The van der Waals surface area contributed by atoms with Crippen LogP contribution < -0.4 is 4.74 Å². The number of benzene rings is 2. The molecule has 0 aliphatic heterocycles. The van der Waals surface area contributed by atoms with Gasteiger partial charge in [0, 0.05) is 6.08 Å². The molecular formula is C16H11F3O2. The smallest absolute Gasteiger partial charge is 0.416 e. The molecule has 0 bridgehead atoms. The molecule has 108 valence electrons. The Labute approximate surface area is 119 Å². The second-order valence-corrected chi connectivity index (χ2v) is 4.19. The summed E-state index contributed by atoms with van der Waals surface area (Å²) in [5, 5.41) is 0. The standard InChI is InChI=1S/C16H11F3O2/c17-16(18,19)13-6-4-5-12(11-13)9-10-15(20)21-14-7-2-1-3-8-14/h1-11H/b10-9+. The number of carbonyl (C=O) groups excluding carboxylic acids is 1. The summed E-state index contributed by atoms with van der Waals surface area (Å²) in [7, 11) is 0. The summed E-state index contributed by atoms with van der Waals surface area (Å²) >= 11 is 0. The van der Waals surface area contributed by atoms with Crippen molar-refractivity contribution in [2.24, 2.45) is 0 Å². The lowest BCUT2D eigenvalue weighted by Gasteiger charge is -2.06. The van der Waals surface area contributed by atoms with Gasteiger partial charge in [-0.1, -0.05) is 30.3 Å². The molecule has 0 heterocycles. The highest BCUT2D eigenvalue weighted by Gasteiger charge is 2.30. The first-order valence-electron chi connectivity index (χ1n) is 6.07. The molecule has 21 heavy (non-hydrogen) atoms. The van der Waals surface area contributed by atoms with Crippen molar-refractivity contribution in [3.8, 4) is 5.75 Å². The molecule has 2 aromatic carbocycles. The highest BCUT2D eigenvalue weighted by atomic mass is 19.4. The van der Waals surface area contributed by atoms with E-state index in [1.165, 1.54) is 18.2 Å². The Morgan fingerprint density at radius 1 is 1.00 bits per heavy atom. The number of rotatable bonds is 3. The number of para-hydroxylation sites is 1. The van der Waals surface area contributed by atoms with Crippen molar-refractivity contribution in [2.75, 3.05) is 0 Å². The van der Waals surface area contributed by atoms with E-state index in [0.717, 1.165) is 18.2 Å². The van der Waals surface area contributed by atoms with E-state index in [9.17, 15) is 18.0 Å². The van der Waals surface area contributed by atoms with Crippen LogP contribution in [-0.4, -0.2) is 5.97 Å². The molecule has 0 fully saturated rings. The van der Waals surface area contributed by atoms with Crippen LogP contribution in [-0.2, 0) is 11.0 Å². The maximum absolute atomic E-state index is 12.5. The van der Waals surface area contributed by atoms with Crippen molar-refractivity contribution in [3.63, 3.8) is 0 Å². The lowest BCUT2D eigenvalue weighted by atomic mass is 10.1. The van der Waals surface area contributed by atoms with Gasteiger partial charge in [0.1, 0.15) is 5.75 Å². The molecule has 0 radical (unpaired) electrons. The molecule has 5 heteroatoms. The molecule has 2 nitrogen and oxygen atoms in total. The zero-order chi connectivity index (χ0) is 15.3. The largest absolute Gasteiger partial charge is 0.423 e. The van der Waals surface area contributed by atoms with Crippen molar-refractivity contribution >= 4 is 12.0 Å². The molecule has 0 aliphatic carbocycles. The first-order chi connectivity index (χ1) is 9.95. The highest BCUT2D eigenvalue weighted by Crippen LogP contribution is 2.29. The number of hydrogen-bond donors (Lipinski definition) is 0. The van der Waals surface area contributed by atoms with E-state index < -0.39 is 17.7 Å². The van der Waals surface area contributed by atoms with Gasteiger partial charge in [0.2, 0.25) is 0 Å². The third-order valence-corrected chi connectivity index (χ3v) is 2.59. The highest BCUT2D eigenvalue weighted by molar-refractivity contribution is 5.88. The van der Waals surface area contributed by atoms with Gasteiger partial charge >= 0.3 is 12.1 Å². The molecular weight excluding hydrogens is 281 g/mol. The van der Waals surface area contributed by atoms with Crippen LogP contribution >= 0.6 is 0 Å². The molecule has 0 unspecified atom stereocenters. The molecule has 2 rings (SSSR count). The number of carbonyl (C=O) groups is 1. The van der Waals surface area contributed by atoms with Crippen LogP contribution in [0.25, 0.3) is 6.08 Å². The van der Waals surface area contributed by atoms with E-state index in [4.69, 9.17) is 4.74 Å². The van der Waals surface area contributed by atoms with Gasteiger partial charge in [-0.25, -0.2) is 4.79 Å². The van der Waals surface area contributed by atoms with Crippen LogP contribution in [0.5, 0.6) is 5.75 Å². The normalized spacial score (nSPS) is 11.6. The zero-order valence-electron chi connectivity index (χ0n) is 10.8. The van der Waals surface area contributed by atoms with E-state index in [2.05, 4.69) is 0 Å². The fraction of sp³-hybridized carbons (Fsp3) is 0.0625. The average molecular weight is 292 g/mol. The Bertz CT molecular complexity index is 646. The first kappa shape index (κ1) is 14.8. The Morgan fingerprint density at radius 3 is 2.38 bits per heavy atom. The second kappa shape index (κ2) is 6.26. The van der Waals surface area contributed by atoms with Crippen LogP contribution in [0.4, 0.5) is 13.2 Å². The minimum Gasteiger partial charge on any atom is -0.423 e. The van der Waals surface area contributed by atoms with Crippen LogP contribution in [0.3, 0.4) is 0 Å². The van der Waals surface area contributed by atoms with Crippen molar-refractivity contribution < 1.29 is 22.7 Å². The Morgan fingerprint density at radius 2 is 1.71 bits per heavy atom. The summed E-state index contributed by atoms with van der Waals surface area (Å²) in [4.78, 5) is 11.5. The summed E-state index contributed by atoms with van der Waals surface area (Å²) in [6, 6.07) is 13.1. The van der Waals surface area contributed by atoms with Gasteiger partial charge in [-0.15, -0.1) is 0 Å². The Hall–Kier alpha value is -2.56. The summed E-state index contributed by atoms with van der Waals surface area (Å²) in [5.41, 5.74) is -0.490. The lowest BCUT2D eigenvalue weighted by molar-refractivity contribution is -0.137. The SMILES string of the molecule is O=C(/C=C/c1cccc(C(F)(F)F)c1)Oc1ccccc1. The number of ether oxygens (including phenoxy) is 1. The summed E-state index contributed by atoms with van der Waals surface area (Å²) in [6.45, 7) is 0. The molecule has 0 saturated heterocycles. The van der Waals surface area contributed by atoms with Gasteiger partial charge < -0.3 is 4.74 Å². The molecule has 0 atom stereocenters. The Kier molecular flexibility index (Phi) is 4.42. The van der Waals surface area contributed by atoms with Gasteiger partial charge in [-0.2, -0.15) is 13.2 Å². The van der Waals surface area contributed by atoms with Crippen molar-refractivity contribution in [1.29, 1.82) is 0 Å². The summed E-state index contributed by atoms with van der Waals surface area (Å²) in [6.07, 6.45) is -2.04.